The summed E-state index contributed by atoms with van der Waals surface area (Å²) in [6.07, 6.45) is 2.19. The van der Waals surface area contributed by atoms with Gasteiger partial charge in [-0.3, -0.25) is 14.3 Å². The first-order chi connectivity index (χ1) is 11.0. The molecule has 0 radical (unpaired) electrons. The molecule has 0 bridgehead atoms. The Hall–Kier alpha value is -2.63. The van der Waals surface area contributed by atoms with E-state index in [4.69, 9.17) is 0 Å². The molecule has 1 aliphatic heterocycles. The Bertz CT molecular complexity index is 764. The van der Waals surface area contributed by atoms with Gasteiger partial charge in [0.25, 0.3) is 0 Å². The quantitative estimate of drug-likeness (QED) is 0.914. The van der Waals surface area contributed by atoms with Crippen LogP contribution in [0.1, 0.15) is 29.8 Å². The van der Waals surface area contributed by atoms with E-state index in [-0.39, 0.29) is 18.4 Å². The topological polar surface area (TPSA) is 76.0 Å². The number of carbonyl (C=O) groups excluding carboxylic acids is 2. The lowest BCUT2D eigenvalue weighted by Gasteiger charge is -2.11. The summed E-state index contributed by atoms with van der Waals surface area (Å²) in [5.74, 6) is -0.0705. The zero-order valence-corrected chi connectivity index (χ0v) is 13.3. The molecule has 3 rings (SSSR count). The van der Waals surface area contributed by atoms with E-state index in [1.54, 1.807) is 4.68 Å². The fourth-order valence-electron chi connectivity index (χ4n) is 2.82. The van der Waals surface area contributed by atoms with Crippen LogP contribution in [0.25, 0.3) is 0 Å². The number of nitrogens with zero attached hydrogens (tertiary/aromatic N) is 2. The smallest absolute Gasteiger partial charge is 0.246 e. The molecule has 120 valence electrons. The molecular weight excluding hydrogens is 292 g/mol. The van der Waals surface area contributed by atoms with Crippen molar-refractivity contribution in [3.05, 3.63) is 41.2 Å². The highest BCUT2D eigenvalue weighted by Gasteiger charge is 2.14. The molecule has 6 nitrogen and oxygen atoms in total. The van der Waals surface area contributed by atoms with E-state index in [1.807, 2.05) is 38.1 Å². The molecule has 2 N–H and O–H groups in total. The largest absolute Gasteiger partial charge is 0.326 e. The molecule has 0 unspecified atom stereocenters. The van der Waals surface area contributed by atoms with E-state index in [2.05, 4.69) is 15.7 Å². The first-order valence-corrected chi connectivity index (χ1v) is 7.75. The zero-order chi connectivity index (χ0) is 16.4. The summed E-state index contributed by atoms with van der Waals surface area (Å²) >= 11 is 0. The minimum absolute atomic E-state index is 0.0464. The molecule has 1 aromatic carbocycles. The van der Waals surface area contributed by atoms with Crippen LogP contribution in [-0.2, 0) is 22.6 Å². The standard InChI is InChI=1S/C17H20N4O2/c1-11-8-12(2)21(20-11)10-17(23)18-14-6-7-15-13(9-14)4-3-5-16(22)19-15/h6-9H,3-5,10H2,1-2H3,(H,18,23)(H,19,22). The number of benzene rings is 1. The third-order valence-electron chi connectivity index (χ3n) is 3.91. The Morgan fingerprint density at radius 2 is 2.13 bits per heavy atom. The van der Waals surface area contributed by atoms with Gasteiger partial charge in [0, 0.05) is 23.5 Å². The van der Waals surface area contributed by atoms with Crippen LogP contribution in [-0.4, -0.2) is 21.6 Å². The predicted octanol–water partition coefficient (Wildman–Crippen LogP) is 2.41. The summed E-state index contributed by atoms with van der Waals surface area (Å²) in [6, 6.07) is 7.53. The summed E-state index contributed by atoms with van der Waals surface area (Å²) < 4.78 is 1.69. The monoisotopic (exact) mass is 312 g/mol. The maximum absolute atomic E-state index is 12.2. The zero-order valence-electron chi connectivity index (χ0n) is 13.3. The van der Waals surface area contributed by atoms with Gasteiger partial charge in [-0.1, -0.05) is 0 Å². The van der Waals surface area contributed by atoms with Crippen molar-refractivity contribution < 1.29 is 9.59 Å². The van der Waals surface area contributed by atoms with E-state index in [0.29, 0.717) is 6.42 Å². The van der Waals surface area contributed by atoms with E-state index >= 15 is 0 Å². The molecule has 2 amide bonds. The third-order valence-corrected chi connectivity index (χ3v) is 3.91. The van der Waals surface area contributed by atoms with Gasteiger partial charge in [0.15, 0.2) is 0 Å². The molecule has 6 heteroatoms. The fraction of sp³-hybridized carbons (Fsp3) is 0.353. The van der Waals surface area contributed by atoms with E-state index in [0.717, 1.165) is 41.2 Å². The van der Waals surface area contributed by atoms with Gasteiger partial charge in [-0.2, -0.15) is 5.10 Å². The maximum Gasteiger partial charge on any atom is 0.246 e. The average Bonchev–Trinajstić information content (AvgIpc) is 2.68. The number of aryl methyl sites for hydroxylation is 3. The second kappa shape index (κ2) is 6.24. The van der Waals surface area contributed by atoms with Crippen molar-refractivity contribution >= 4 is 23.2 Å². The summed E-state index contributed by atoms with van der Waals surface area (Å²) in [5, 5.41) is 10.1. The Morgan fingerprint density at radius 1 is 1.30 bits per heavy atom. The molecule has 2 aromatic rings. The van der Waals surface area contributed by atoms with Crippen molar-refractivity contribution in [3.63, 3.8) is 0 Å². The van der Waals surface area contributed by atoms with Crippen molar-refractivity contribution in [2.45, 2.75) is 39.7 Å². The van der Waals surface area contributed by atoms with Crippen molar-refractivity contribution in [2.24, 2.45) is 0 Å². The molecule has 0 spiro atoms. The molecule has 2 heterocycles. The van der Waals surface area contributed by atoms with Crippen LogP contribution in [0.5, 0.6) is 0 Å². The van der Waals surface area contributed by atoms with Crippen LogP contribution in [0.4, 0.5) is 11.4 Å². The summed E-state index contributed by atoms with van der Waals surface area (Å²) in [6.45, 7) is 4.02. The highest BCUT2D eigenvalue weighted by atomic mass is 16.2. The van der Waals surface area contributed by atoms with Crippen molar-refractivity contribution in [1.82, 2.24) is 9.78 Å². The van der Waals surface area contributed by atoms with Crippen molar-refractivity contribution in [3.8, 4) is 0 Å². The number of hydrogen-bond donors (Lipinski definition) is 2. The molecule has 0 aliphatic carbocycles. The molecular formula is C17H20N4O2. The molecule has 23 heavy (non-hydrogen) atoms. The summed E-state index contributed by atoms with van der Waals surface area (Å²) in [4.78, 5) is 23.7. The van der Waals surface area contributed by atoms with Gasteiger partial charge < -0.3 is 10.6 Å². The Morgan fingerprint density at radius 3 is 2.87 bits per heavy atom. The third kappa shape index (κ3) is 3.59. The molecule has 0 atom stereocenters. The van der Waals surface area contributed by atoms with Gasteiger partial charge in [0.1, 0.15) is 6.54 Å². The van der Waals surface area contributed by atoms with Crippen LogP contribution in [0.2, 0.25) is 0 Å². The van der Waals surface area contributed by atoms with Crippen LogP contribution < -0.4 is 10.6 Å². The normalized spacial score (nSPS) is 13.9. The Labute approximate surface area is 134 Å². The van der Waals surface area contributed by atoms with Crippen LogP contribution in [0, 0.1) is 13.8 Å². The van der Waals surface area contributed by atoms with Crippen molar-refractivity contribution in [2.75, 3.05) is 10.6 Å². The molecule has 0 fully saturated rings. The van der Waals surface area contributed by atoms with E-state index in [1.165, 1.54) is 0 Å². The number of carbonyl (C=O) groups is 2. The lowest BCUT2D eigenvalue weighted by Crippen LogP contribution is -2.20. The maximum atomic E-state index is 12.2. The predicted molar refractivity (Wildman–Crippen MR) is 88.3 cm³/mol. The van der Waals surface area contributed by atoms with Gasteiger partial charge >= 0.3 is 0 Å². The number of hydrogen-bond acceptors (Lipinski definition) is 3. The Kier molecular flexibility index (Phi) is 4.14. The number of fused-ring (bicyclic) bond motifs is 1. The molecule has 0 saturated heterocycles. The highest BCUT2D eigenvalue weighted by molar-refractivity contribution is 5.94. The van der Waals surface area contributed by atoms with Gasteiger partial charge in [-0.15, -0.1) is 0 Å². The van der Waals surface area contributed by atoms with E-state index < -0.39 is 0 Å². The number of rotatable bonds is 3. The lowest BCUT2D eigenvalue weighted by atomic mass is 10.1. The fourth-order valence-corrected chi connectivity index (χ4v) is 2.82. The van der Waals surface area contributed by atoms with Gasteiger partial charge in [0.2, 0.25) is 11.8 Å². The van der Waals surface area contributed by atoms with E-state index in [9.17, 15) is 9.59 Å². The number of amides is 2. The second-order valence-electron chi connectivity index (χ2n) is 5.91. The minimum atomic E-state index is -0.117. The highest BCUT2D eigenvalue weighted by Crippen LogP contribution is 2.25. The first-order valence-electron chi connectivity index (χ1n) is 7.75. The van der Waals surface area contributed by atoms with Crippen LogP contribution in [0.15, 0.2) is 24.3 Å². The number of anilines is 2. The number of aromatic nitrogens is 2. The van der Waals surface area contributed by atoms with Gasteiger partial charge in [-0.05, 0) is 56.5 Å². The average molecular weight is 312 g/mol. The van der Waals surface area contributed by atoms with Gasteiger partial charge in [-0.25, -0.2) is 0 Å². The van der Waals surface area contributed by atoms with Crippen LogP contribution in [0.3, 0.4) is 0 Å². The van der Waals surface area contributed by atoms with Crippen LogP contribution >= 0.6 is 0 Å². The second-order valence-corrected chi connectivity index (χ2v) is 5.91. The van der Waals surface area contributed by atoms with Gasteiger partial charge in [0.05, 0.1) is 5.69 Å². The molecule has 1 aromatic heterocycles. The minimum Gasteiger partial charge on any atom is -0.326 e. The molecule has 1 aliphatic rings. The Balaban J connectivity index is 1.70. The first kappa shape index (κ1) is 15.3. The summed E-state index contributed by atoms with van der Waals surface area (Å²) in [5.41, 5.74) is 4.49. The lowest BCUT2D eigenvalue weighted by molar-refractivity contribution is -0.117. The molecule has 0 saturated carbocycles. The SMILES string of the molecule is Cc1cc(C)n(CC(=O)Nc2ccc3c(c2)CCCC(=O)N3)n1. The summed E-state index contributed by atoms with van der Waals surface area (Å²) in [7, 11) is 0. The number of nitrogens with one attached hydrogen (secondary N) is 2. The van der Waals surface area contributed by atoms with Crippen molar-refractivity contribution in [1.29, 1.82) is 0 Å².